The van der Waals surface area contributed by atoms with Crippen molar-refractivity contribution >= 4 is 28.6 Å². The zero-order chi connectivity index (χ0) is 16.2. The van der Waals surface area contributed by atoms with Gasteiger partial charge in [0.15, 0.2) is 0 Å². The second-order valence-corrected chi connectivity index (χ2v) is 4.74. The average Bonchev–Trinajstić information content (AvgIpc) is 2.61. The van der Waals surface area contributed by atoms with Crippen LogP contribution in [0.25, 0.3) is 11.0 Å². The van der Waals surface area contributed by atoms with E-state index in [9.17, 15) is 9.59 Å². The Morgan fingerprint density at radius 2 is 1.70 bits per heavy atom. The molecular formula is C17H13N3O3. The molecule has 0 saturated carbocycles. The minimum absolute atomic E-state index is 0.170. The predicted molar refractivity (Wildman–Crippen MR) is 85.3 cm³/mol. The van der Waals surface area contributed by atoms with Gasteiger partial charge in [0.25, 0.3) is 5.91 Å². The minimum Gasteiger partial charge on any atom is -0.465 e. The highest BCUT2D eigenvalue weighted by Crippen LogP contribution is 2.17. The topological polar surface area (TPSA) is 81.2 Å². The van der Waals surface area contributed by atoms with E-state index in [-0.39, 0.29) is 11.3 Å². The number of benzene rings is 2. The maximum atomic E-state index is 12.4. The SMILES string of the molecule is COC(=O)c1ccccc1NC(=O)c1cnc2ccccc2n1. The van der Waals surface area contributed by atoms with E-state index in [0.717, 1.165) is 0 Å². The van der Waals surface area contributed by atoms with Crippen LogP contribution in [0.4, 0.5) is 5.69 Å². The summed E-state index contributed by atoms with van der Waals surface area (Å²) in [7, 11) is 1.29. The van der Waals surface area contributed by atoms with Crippen molar-refractivity contribution in [3.63, 3.8) is 0 Å². The highest BCUT2D eigenvalue weighted by molar-refractivity contribution is 6.07. The van der Waals surface area contributed by atoms with Gasteiger partial charge < -0.3 is 10.1 Å². The van der Waals surface area contributed by atoms with Crippen LogP contribution in [0.1, 0.15) is 20.8 Å². The van der Waals surface area contributed by atoms with Gasteiger partial charge >= 0.3 is 5.97 Å². The lowest BCUT2D eigenvalue weighted by molar-refractivity contribution is 0.0602. The number of aromatic nitrogens is 2. The molecule has 0 aliphatic rings. The summed E-state index contributed by atoms with van der Waals surface area (Å²) in [5.41, 5.74) is 2.14. The van der Waals surface area contributed by atoms with Crippen molar-refractivity contribution in [3.05, 3.63) is 66.0 Å². The molecule has 0 fully saturated rings. The fourth-order valence-corrected chi connectivity index (χ4v) is 2.13. The van der Waals surface area contributed by atoms with Crippen LogP contribution in [0.3, 0.4) is 0 Å². The molecule has 6 heteroatoms. The van der Waals surface area contributed by atoms with Gasteiger partial charge in [-0.15, -0.1) is 0 Å². The molecule has 0 aliphatic heterocycles. The van der Waals surface area contributed by atoms with Gasteiger partial charge in [-0.3, -0.25) is 9.78 Å². The number of nitrogens with zero attached hydrogens (tertiary/aromatic N) is 2. The van der Waals surface area contributed by atoms with E-state index < -0.39 is 11.9 Å². The number of nitrogens with one attached hydrogen (secondary N) is 1. The number of carbonyl (C=O) groups excluding carboxylic acids is 2. The van der Waals surface area contributed by atoms with Gasteiger partial charge in [-0.05, 0) is 24.3 Å². The number of hydrogen-bond donors (Lipinski definition) is 1. The molecule has 114 valence electrons. The summed E-state index contributed by atoms with van der Waals surface area (Å²) in [4.78, 5) is 32.6. The van der Waals surface area contributed by atoms with E-state index in [4.69, 9.17) is 4.74 Å². The van der Waals surface area contributed by atoms with Crippen LogP contribution in [0, 0.1) is 0 Å². The molecule has 2 aromatic carbocycles. The Hall–Kier alpha value is -3.28. The van der Waals surface area contributed by atoms with Crippen molar-refractivity contribution in [2.24, 2.45) is 0 Å². The summed E-state index contributed by atoms with van der Waals surface area (Å²) in [6.45, 7) is 0. The quantitative estimate of drug-likeness (QED) is 0.752. The molecule has 1 aromatic heterocycles. The van der Waals surface area contributed by atoms with Crippen LogP contribution in [0.15, 0.2) is 54.7 Å². The fourth-order valence-electron chi connectivity index (χ4n) is 2.13. The summed E-state index contributed by atoms with van der Waals surface area (Å²) < 4.78 is 4.70. The molecule has 0 saturated heterocycles. The predicted octanol–water partition coefficient (Wildman–Crippen LogP) is 2.67. The van der Waals surface area contributed by atoms with Crippen molar-refractivity contribution in [1.29, 1.82) is 0 Å². The molecule has 3 rings (SSSR count). The number of rotatable bonds is 3. The van der Waals surface area contributed by atoms with Crippen molar-refractivity contribution in [1.82, 2.24) is 9.97 Å². The average molecular weight is 307 g/mol. The third kappa shape index (κ3) is 3.01. The molecule has 23 heavy (non-hydrogen) atoms. The van der Waals surface area contributed by atoms with Crippen LogP contribution >= 0.6 is 0 Å². The number of hydrogen-bond acceptors (Lipinski definition) is 5. The Morgan fingerprint density at radius 1 is 1.00 bits per heavy atom. The van der Waals surface area contributed by atoms with Crippen molar-refractivity contribution in [3.8, 4) is 0 Å². The van der Waals surface area contributed by atoms with Gasteiger partial charge in [0, 0.05) is 0 Å². The first-order valence-corrected chi connectivity index (χ1v) is 6.89. The first kappa shape index (κ1) is 14.6. The fraction of sp³-hybridized carbons (Fsp3) is 0.0588. The Morgan fingerprint density at radius 3 is 2.48 bits per heavy atom. The molecular weight excluding hydrogens is 294 g/mol. The van der Waals surface area contributed by atoms with E-state index in [0.29, 0.717) is 16.7 Å². The third-order valence-electron chi connectivity index (χ3n) is 3.26. The summed E-state index contributed by atoms with van der Waals surface area (Å²) >= 11 is 0. The molecule has 0 bridgehead atoms. The van der Waals surface area contributed by atoms with Crippen LogP contribution in [0.5, 0.6) is 0 Å². The van der Waals surface area contributed by atoms with E-state index in [1.807, 2.05) is 18.2 Å². The Kier molecular flexibility index (Phi) is 3.97. The lowest BCUT2D eigenvalue weighted by Crippen LogP contribution is -2.17. The minimum atomic E-state index is -0.523. The first-order valence-electron chi connectivity index (χ1n) is 6.89. The van der Waals surface area contributed by atoms with Crippen LogP contribution in [-0.4, -0.2) is 29.0 Å². The Bertz CT molecular complexity index is 893. The van der Waals surface area contributed by atoms with Crippen LogP contribution in [-0.2, 0) is 4.74 Å². The van der Waals surface area contributed by atoms with Gasteiger partial charge in [-0.25, -0.2) is 9.78 Å². The maximum absolute atomic E-state index is 12.4. The molecule has 0 radical (unpaired) electrons. The number of para-hydroxylation sites is 3. The van der Waals surface area contributed by atoms with Crippen LogP contribution < -0.4 is 5.32 Å². The monoisotopic (exact) mass is 307 g/mol. The first-order chi connectivity index (χ1) is 11.2. The Labute approximate surface area is 132 Å². The molecule has 3 aromatic rings. The standard InChI is InChI=1S/C17H13N3O3/c1-23-17(22)11-6-2-3-7-12(11)20-16(21)15-10-18-13-8-4-5-9-14(13)19-15/h2-10H,1H3,(H,20,21). The number of amides is 1. The van der Waals surface area contributed by atoms with Crippen molar-refractivity contribution in [2.45, 2.75) is 0 Å². The van der Waals surface area contributed by atoms with E-state index >= 15 is 0 Å². The van der Waals surface area contributed by atoms with Gasteiger partial charge in [-0.1, -0.05) is 24.3 Å². The zero-order valence-corrected chi connectivity index (χ0v) is 12.3. The molecule has 1 heterocycles. The molecule has 6 nitrogen and oxygen atoms in total. The number of esters is 1. The summed E-state index contributed by atoms with van der Waals surface area (Å²) in [5.74, 6) is -0.967. The number of carbonyl (C=O) groups is 2. The summed E-state index contributed by atoms with van der Waals surface area (Å²) in [6.07, 6.45) is 1.40. The number of ether oxygens (including phenoxy) is 1. The third-order valence-corrected chi connectivity index (χ3v) is 3.26. The van der Waals surface area contributed by atoms with Crippen molar-refractivity contribution in [2.75, 3.05) is 12.4 Å². The van der Waals surface area contributed by atoms with Gasteiger partial charge in [0.1, 0.15) is 5.69 Å². The largest absolute Gasteiger partial charge is 0.465 e. The second-order valence-electron chi connectivity index (χ2n) is 4.74. The summed E-state index contributed by atoms with van der Waals surface area (Å²) in [6, 6.07) is 13.9. The number of fused-ring (bicyclic) bond motifs is 1. The van der Waals surface area contributed by atoms with Gasteiger partial charge in [0.2, 0.25) is 0 Å². The zero-order valence-electron chi connectivity index (χ0n) is 12.3. The van der Waals surface area contributed by atoms with Crippen molar-refractivity contribution < 1.29 is 14.3 Å². The molecule has 0 atom stereocenters. The number of methoxy groups -OCH3 is 1. The van der Waals surface area contributed by atoms with E-state index in [1.54, 1.807) is 30.3 Å². The highest BCUT2D eigenvalue weighted by atomic mass is 16.5. The lowest BCUT2D eigenvalue weighted by atomic mass is 10.1. The highest BCUT2D eigenvalue weighted by Gasteiger charge is 2.15. The van der Waals surface area contributed by atoms with E-state index in [2.05, 4.69) is 15.3 Å². The van der Waals surface area contributed by atoms with Gasteiger partial charge in [-0.2, -0.15) is 0 Å². The molecule has 0 aliphatic carbocycles. The number of anilines is 1. The maximum Gasteiger partial charge on any atom is 0.339 e. The molecule has 0 unspecified atom stereocenters. The molecule has 0 spiro atoms. The Balaban J connectivity index is 1.90. The second kappa shape index (κ2) is 6.23. The van der Waals surface area contributed by atoms with Crippen LogP contribution in [0.2, 0.25) is 0 Å². The molecule has 1 amide bonds. The summed E-state index contributed by atoms with van der Waals surface area (Å²) in [5, 5.41) is 2.66. The van der Waals surface area contributed by atoms with Gasteiger partial charge in [0.05, 0.1) is 35.6 Å². The molecule has 1 N–H and O–H groups in total. The smallest absolute Gasteiger partial charge is 0.339 e. The van der Waals surface area contributed by atoms with E-state index in [1.165, 1.54) is 13.3 Å². The normalized spacial score (nSPS) is 10.3. The lowest BCUT2D eigenvalue weighted by Gasteiger charge is -2.09.